The molecule has 0 aromatic heterocycles. The summed E-state index contributed by atoms with van der Waals surface area (Å²) in [5.74, 6) is 0.236. The second-order valence-corrected chi connectivity index (χ2v) is 7.67. The van der Waals surface area contributed by atoms with Crippen LogP contribution in [-0.2, 0) is 19.1 Å². The van der Waals surface area contributed by atoms with Crippen LogP contribution in [0.5, 0.6) is 0 Å². The van der Waals surface area contributed by atoms with E-state index in [4.69, 9.17) is 9.47 Å². The van der Waals surface area contributed by atoms with Crippen LogP contribution < -0.4 is 0 Å². The predicted molar refractivity (Wildman–Crippen MR) is 87.1 cm³/mol. The van der Waals surface area contributed by atoms with Crippen molar-refractivity contribution in [1.82, 2.24) is 9.80 Å². The molecule has 6 nitrogen and oxygen atoms in total. The maximum absolute atomic E-state index is 12.4. The van der Waals surface area contributed by atoms with Gasteiger partial charge in [-0.15, -0.1) is 0 Å². The number of rotatable bonds is 4. The third-order valence-corrected chi connectivity index (χ3v) is 4.67. The molecule has 132 valence electrons. The maximum atomic E-state index is 12.4. The van der Waals surface area contributed by atoms with Crippen molar-refractivity contribution in [3.8, 4) is 0 Å². The van der Waals surface area contributed by atoms with Gasteiger partial charge in [0.2, 0.25) is 11.8 Å². The summed E-state index contributed by atoms with van der Waals surface area (Å²) in [7, 11) is 0. The van der Waals surface area contributed by atoms with Gasteiger partial charge in [-0.05, 0) is 34.1 Å². The minimum atomic E-state index is -0.258. The molecule has 2 fully saturated rings. The van der Waals surface area contributed by atoms with E-state index in [0.29, 0.717) is 58.8 Å². The van der Waals surface area contributed by atoms with Gasteiger partial charge in [-0.1, -0.05) is 0 Å². The summed E-state index contributed by atoms with van der Waals surface area (Å²) in [6, 6.07) is 0. The summed E-state index contributed by atoms with van der Waals surface area (Å²) in [4.78, 5) is 28.6. The highest BCUT2D eigenvalue weighted by Crippen LogP contribution is 2.22. The number of nitrogens with zero attached hydrogens (tertiary/aromatic N) is 2. The van der Waals surface area contributed by atoms with Crippen LogP contribution in [0.3, 0.4) is 0 Å². The van der Waals surface area contributed by atoms with Crippen LogP contribution in [0.4, 0.5) is 0 Å². The third kappa shape index (κ3) is 4.44. The molecule has 0 N–H and O–H groups in total. The fourth-order valence-electron chi connectivity index (χ4n) is 3.30. The number of amides is 2. The van der Waals surface area contributed by atoms with Gasteiger partial charge in [-0.25, -0.2) is 0 Å². The van der Waals surface area contributed by atoms with E-state index in [9.17, 15) is 9.59 Å². The average Bonchev–Trinajstić information content (AvgIpc) is 2.45. The minimum Gasteiger partial charge on any atom is -0.377 e. The maximum Gasteiger partial charge on any atom is 0.223 e. The SMILES string of the molecule is CC1(C)COCCN1C(=O)CCCC(=O)N1CCOCC1(C)C. The second kappa shape index (κ2) is 7.18. The van der Waals surface area contributed by atoms with Gasteiger partial charge in [-0.2, -0.15) is 0 Å². The van der Waals surface area contributed by atoms with Crippen molar-refractivity contribution in [2.45, 2.75) is 58.0 Å². The van der Waals surface area contributed by atoms with E-state index in [0.717, 1.165) is 0 Å². The zero-order valence-corrected chi connectivity index (χ0v) is 14.9. The molecule has 0 saturated carbocycles. The molecule has 2 aliphatic heterocycles. The number of hydrogen-bond donors (Lipinski definition) is 0. The molecule has 0 aromatic rings. The van der Waals surface area contributed by atoms with Crippen molar-refractivity contribution in [3.05, 3.63) is 0 Å². The van der Waals surface area contributed by atoms with Crippen molar-refractivity contribution < 1.29 is 19.1 Å². The fourth-order valence-corrected chi connectivity index (χ4v) is 3.30. The monoisotopic (exact) mass is 326 g/mol. The molecule has 2 aliphatic rings. The highest BCUT2D eigenvalue weighted by molar-refractivity contribution is 5.80. The molecule has 6 heteroatoms. The van der Waals surface area contributed by atoms with Crippen LogP contribution >= 0.6 is 0 Å². The Labute approximate surface area is 139 Å². The first-order chi connectivity index (χ1) is 10.7. The predicted octanol–water partition coefficient (Wildman–Crippen LogP) is 1.43. The highest BCUT2D eigenvalue weighted by atomic mass is 16.5. The molecule has 2 amide bonds. The van der Waals surface area contributed by atoms with Gasteiger partial charge < -0.3 is 19.3 Å². The summed E-state index contributed by atoms with van der Waals surface area (Å²) in [6.45, 7) is 11.7. The molecule has 0 bridgehead atoms. The van der Waals surface area contributed by atoms with Crippen molar-refractivity contribution >= 4 is 11.8 Å². The Kier molecular flexibility index (Phi) is 5.68. The molecule has 2 rings (SSSR count). The van der Waals surface area contributed by atoms with Crippen molar-refractivity contribution in [3.63, 3.8) is 0 Å². The zero-order valence-electron chi connectivity index (χ0n) is 14.9. The van der Waals surface area contributed by atoms with E-state index in [-0.39, 0.29) is 22.9 Å². The van der Waals surface area contributed by atoms with Gasteiger partial charge >= 0.3 is 0 Å². The van der Waals surface area contributed by atoms with Gasteiger partial charge in [0.15, 0.2) is 0 Å². The van der Waals surface area contributed by atoms with Gasteiger partial charge in [0.25, 0.3) is 0 Å². The normalized spacial score (nSPS) is 23.7. The third-order valence-electron chi connectivity index (χ3n) is 4.67. The highest BCUT2D eigenvalue weighted by Gasteiger charge is 2.35. The summed E-state index contributed by atoms with van der Waals surface area (Å²) < 4.78 is 10.9. The number of carbonyl (C=O) groups excluding carboxylic acids is 2. The molecule has 0 unspecified atom stereocenters. The lowest BCUT2D eigenvalue weighted by atomic mass is 10.0. The molecule has 0 aliphatic carbocycles. The average molecular weight is 326 g/mol. The largest absolute Gasteiger partial charge is 0.377 e. The van der Waals surface area contributed by atoms with Crippen molar-refractivity contribution in [2.75, 3.05) is 39.5 Å². The van der Waals surface area contributed by atoms with Crippen molar-refractivity contribution in [2.24, 2.45) is 0 Å². The standard InChI is InChI=1S/C17H30N2O4/c1-16(2)12-22-10-8-18(16)14(20)6-5-7-15(21)19-9-11-23-13-17(19,3)4/h5-13H2,1-4H3. The molecule has 0 atom stereocenters. The summed E-state index contributed by atoms with van der Waals surface area (Å²) in [5.41, 5.74) is -0.517. The summed E-state index contributed by atoms with van der Waals surface area (Å²) >= 11 is 0. The van der Waals surface area contributed by atoms with E-state index in [1.807, 2.05) is 37.5 Å². The van der Waals surface area contributed by atoms with Crippen molar-refractivity contribution in [1.29, 1.82) is 0 Å². The Bertz CT molecular complexity index is 408. The van der Waals surface area contributed by atoms with E-state index in [1.165, 1.54) is 0 Å². The Balaban J connectivity index is 1.80. The molecular formula is C17H30N2O4. The lowest BCUT2D eigenvalue weighted by Gasteiger charge is -2.43. The van der Waals surface area contributed by atoms with Crippen LogP contribution in [0, 0.1) is 0 Å². The number of hydrogen-bond acceptors (Lipinski definition) is 4. The van der Waals surface area contributed by atoms with Crippen LogP contribution in [0.2, 0.25) is 0 Å². The molecule has 2 saturated heterocycles. The topological polar surface area (TPSA) is 59.1 Å². The van der Waals surface area contributed by atoms with Gasteiger partial charge in [0.1, 0.15) is 0 Å². The molecule has 0 radical (unpaired) electrons. The summed E-state index contributed by atoms with van der Waals surface area (Å²) in [5, 5.41) is 0. The second-order valence-electron chi connectivity index (χ2n) is 7.67. The Morgan fingerprint density at radius 3 is 1.57 bits per heavy atom. The first-order valence-corrected chi connectivity index (χ1v) is 8.50. The lowest BCUT2D eigenvalue weighted by molar-refractivity contribution is -0.148. The smallest absolute Gasteiger partial charge is 0.223 e. The molecule has 23 heavy (non-hydrogen) atoms. The van der Waals surface area contributed by atoms with Crippen LogP contribution in [0.1, 0.15) is 47.0 Å². The number of ether oxygens (including phenoxy) is 2. The fraction of sp³-hybridized carbons (Fsp3) is 0.882. The lowest BCUT2D eigenvalue weighted by Crippen LogP contribution is -2.56. The molecular weight excluding hydrogens is 296 g/mol. The minimum absolute atomic E-state index is 0.118. The number of morpholine rings is 2. The van der Waals surface area contributed by atoms with E-state index in [2.05, 4.69) is 0 Å². The Morgan fingerprint density at radius 1 is 0.826 bits per heavy atom. The molecule has 0 spiro atoms. The first kappa shape index (κ1) is 18.2. The molecule has 2 heterocycles. The quantitative estimate of drug-likeness (QED) is 0.784. The first-order valence-electron chi connectivity index (χ1n) is 8.50. The Hall–Kier alpha value is -1.14. The van der Waals surface area contributed by atoms with E-state index in [1.54, 1.807) is 0 Å². The van der Waals surface area contributed by atoms with E-state index >= 15 is 0 Å². The molecule has 0 aromatic carbocycles. The van der Waals surface area contributed by atoms with Crippen LogP contribution in [0.15, 0.2) is 0 Å². The zero-order chi connectivity index (χ0) is 17.1. The number of carbonyl (C=O) groups is 2. The van der Waals surface area contributed by atoms with Gasteiger partial charge in [-0.3, -0.25) is 9.59 Å². The van der Waals surface area contributed by atoms with Gasteiger partial charge in [0, 0.05) is 25.9 Å². The Morgan fingerprint density at radius 2 is 1.22 bits per heavy atom. The van der Waals surface area contributed by atoms with Crippen LogP contribution in [0.25, 0.3) is 0 Å². The van der Waals surface area contributed by atoms with E-state index < -0.39 is 0 Å². The summed E-state index contributed by atoms with van der Waals surface area (Å²) in [6.07, 6.45) is 1.43. The van der Waals surface area contributed by atoms with Crippen LogP contribution in [-0.4, -0.2) is 72.2 Å². The van der Waals surface area contributed by atoms with Gasteiger partial charge in [0.05, 0.1) is 37.5 Å².